The minimum absolute atomic E-state index is 0.0835. The van der Waals surface area contributed by atoms with Crippen LogP contribution in [0.4, 0.5) is 15.9 Å². The molecule has 0 atom stereocenters. The number of hydrogen-bond acceptors (Lipinski definition) is 6. The molecule has 8 heteroatoms. The Balaban J connectivity index is 2.12. The van der Waals surface area contributed by atoms with Crippen LogP contribution in [0.5, 0.6) is 5.75 Å². The summed E-state index contributed by atoms with van der Waals surface area (Å²) < 4.78 is 18.3. The van der Waals surface area contributed by atoms with E-state index in [0.717, 1.165) is 6.07 Å². The van der Waals surface area contributed by atoms with Crippen molar-refractivity contribution in [1.29, 1.82) is 0 Å². The predicted octanol–water partition coefficient (Wildman–Crippen LogP) is 1.16. The molecule has 20 heavy (non-hydrogen) atoms. The molecule has 104 valence electrons. The molecule has 1 aromatic carbocycles. The van der Waals surface area contributed by atoms with Crippen LogP contribution < -0.4 is 21.3 Å². The van der Waals surface area contributed by atoms with Crippen molar-refractivity contribution in [3.05, 3.63) is 42.1 Å². The van der Waals surface area contributed by atoms with Gasteiger partial charge in [-0.15, -0.1) is 0 Å². The van der Waals surface area contributed by atoms with Gasteiger partial charge in [0.1, 0.15) is 5.69 Å². The first kappa shape index (κ1) is 13.7. The minimum atomic E-state index is -0.570. The Kier molecular flexibility index (Phi) is 4.06. The highest BCUT2D eigenvalue weighted by Gasteiger charge is 2.10. The summed E-state index contributed by atoms with van der Waals surface area (Å²) in [6, 6.07) is 4.08. The number of nitrogens with two attached hydrogens (primary N) is 1. The first-order valence-corrected chi connectivity index (χ1v) is 5.57. The van der Waals surface area contributed by atoms with Gasteiger partial charge in [0.15, 0.2) is 17.4 Å². The van der Waals surface area contributed by atoms with Gasteiger partial charge in [-0.2, -0.15) is 0 Å². The number of carbonyl (C=O) groups excluding carboxylic acids is 1. The summed E-state index contributed by atoms with van der Waals surface area (Å²) >= 11 is 0. The molecular weight excluding hydrogens is 265 g/mol. The van der Waals surface area contributed by atoms with Crippen molar-refractivity contribution in [2.45, 2.75) is 0 Å². The number of hydrazine groups is 1. The standard InChI is InChI=1S/C12H12FN5O2/c1-20-10-3-2-7(4-8(10)13)17-12(19)9-5-16-11(18-14)6-15-9/h2-6H,14H2,1H3,(H,16,18)(H,17,19). The summed E-state index contributed by atoms with van der Waals surface area (Å²) in [5.41, 5.74) is 2.67. The van der Waals surface area contributed by atoms with Gasteiger partial charge in [0.25, 0.3) is 5.91 Å². The average Bonchev–Trinajstić information content (AvgIpc) is 2.47. The van der Waals surface area contributed by atoms with Crippen LogP contribution >= 0.6 is 0 Å². The maximum Gasteiger partial charge on any atom is 0.275 e. The molecule has 0 aliphatic heterocycles. The third kappa shape index (κ3) is 2.98. The van der Waals surface area contributed by atoms with Crippen molar-refractivity contribution in [3.8, 4) is 5.75 Å². The van der Waals surface area contributed by atoms with Crippen molar-refractivity contribution in [3.63, 3.8) is 0 Å². The summed E-state index contributed by atoms with van der Waals surface area (Å²) in [5, 5.41) is 2.50. The second kappa shape index (κ2) is 5.93. The van der Waals surface area contributed by atoms with E-state index in [9.17, 15) is 9.18 Å². The van der Waals surface area contributed by atoms with Crippen LogP contribution in [0.15, 0.2) is 30.6 Å². The predicted molar refractivity (Wildman–Crippen MR) is 70.7 cm³/mol. The number of halogens is 1. The van der Waals surface area contributed by atoms with Crippen LogP contribution in [-0.2, 0) is 0 Å². The van der Waals surface area contributed by atoms with E-state index in [1.807, 2.05) is 0 Å². The fourth-order valence-electron chi connectivity index (χ4n) is 1.46. The Bertz CT molecular complexity index is 618. The number of carbonyl (C=O) groups is 1. The molecule has 1 heterocycles. The summed E-state index contributed by atoms with van der Waals surface area (Å²) in [7, 11) is 1.36. The van der Waals surface area contributed by atoms with E-state index in [2.05, 4.69) is 20.7 Å². The van der Waals surface area contributed by atoms with Gasteiger partial charge in [0.05, 0.1) is 19.5 Å². The van der Waals surface area contributed by atoms with E-state index in [4.69, 9.17) is 10.6 Å². The van der Waals surface area contributed by atoms with Crippen LogP contribution in [-0.4, -0.2) is 23.0 Å². The molecule has 0 spiro atoms. The van der Waals surface area contributed by atoms with Crippen LogP contribution in [0.2, 0.25) is 0 Å². The van der Waals surface area contributed by atoms with Gasteiger partial charge in [0.2, 0.25) is 0 Å². The lowest BCUT2D eigenvalue weighted by molar-refractivity contribution is 0.102. The summed E-state index contributed by atoms with van der Waals surface area (Å²) in [4.78, 5) is 19.6. The zero-order valence-corrected chi connectivity index (χ0v) is 10.6. The maximum absolute atomic E-state index is 13.5. The number of amides is 1. The normalized spacial score (nSPS) is 9.95. The minimum Gasteiger partial charge on any atom is -0.494 e. The summed E-state index contributed by atoms with van der Waals surface area (Å²) in [6.07, 6.45) is 2.56. The molecule has 0 bridgehead atoms. The van der Waals surface area contributed by atoms with E-state index in [-0.39, 0.29) is 17.1 Å². The van der Waals surface area contributed by atoms with Gasteiger partial charge in [-0.1, -0.05) is 0 Å². The Hall–Kier alpha value is -2.74. The van der Waals surface area contributed by atoms with E-state index < -0.39 is 11.7 Å². The smallest absolute Gasteiger partial charge is 0.275 e. The van der Waals surface area contributed by atoms with Crippen molar-refractivity contribution < 1.29 is 13.9 Å². The first-order chi connectivity index (χ1) is 9.63. The maximum atomic E-state index is 13.5. The molecule has 0 saturated carbocycles. The molecule has 0 aliphatic carbocycles. The van der Waals surface area contributed by atoms with Gasteiger partial charge >= 0.3 is 0 Å². The third-order valence-corrected chi connectivity index (χ3v) is 2.44. The second-order valence-electron chi connectivity index (χ2n) is 3.73. The molecule has 1 amide bonds. The summed E-state index contributed by atoms with van der Waals surface area (Å²) in [5.74, 6) is 4.49. The lowest BCUT2D eigenvalue weighted by atomic mass is 10.2. The highest BCUT2D eigenvalue weighted by Crippen LogP contribution is 2.20. The van der Waals surface area contributed by atoms with Crippen molar-refractivity contribution >= 4 is 17.4 Å². The van der Waals surface area contributed by atoms with Gasteiger partial charge in [-0.3, -0.25) is 4.79 Å². The van der Waals surface area contributed by atoms with E-state index in [1.165, 1.54) is 31.6 Å². The topological polar surface area (TPSA) is 102 Å². The molecule has 0 radical (unpaired) electrons. The SMILES string of the molecule is COc1ccc(NC(=O)c2cnc(NN)cn2)cc1F. The van der Waals surface area contributed by atoms with E-state index >= 15 is 0 Å². The fourth-order valence-corrected chi connectivity index (χ4v) is 1.46. The van der Waals surface area contributed by atoms with Gasteiger partial charge in [0, 0.05) is 11.8 Å². The highest BCUT2D eigenvalue weighted by atomic mass is 19.1. The number of aromatic nitrogens is 2. The average molecular weight is 277 g/mol. The molecule has 0 unspecified atom stereocenters. The number of nitrogen functional groups attached to an aromatic ring is 1. The molecular formula is C12H12FN5O2. The highest BCUT2D eigenvalue weighted by molar-refractivity contribution is 6.02. The van der Waals surface area contributed by atoms with Crippen molar-refractivity contribution in [2.75, 3.05) is 17.9 Å². The Morgan fingerprint density at radius 2 is 2.15 bits per heavy atom. The zero-order chi connectivity index (χ0) is 14.5. The first-order valence-electron chi connectivity index (χ1n) is 5.57. The summed E-state index contributed by atoms with van der Waals surface area (Å²) in [6.45, 7) is 0. The number of nitrogens with one attached hydrogen (secondary N) is 2. The Labute approximate surface area is 114 Å². The van der Waals surface area contributed by atoms with Gasteiger partial charge in [-0.25, -0.2) is 20.2 Å². The number of nitrogens with zero attached hydrogens (tertiary/aromatic N) is 2. The zero-order valence-electron chi connectivity index (χ0n) is 10.6. The second-order valence-corrected chi connectivity index (χ2v) is 3.73. The lowest BCUT2D eigenvalue weighted by Crippen LogP contribution is -2.15. The van der Waals surface area contributed by atoms with E-state index in [1.54, 1.807) is 0 Å². The third-order valence-electron chi connectivity index (χ3n) is 2.44. The molecule has 2 aromatic rings. The molecule has 4 N–H and O–H groups in total. The Morgan fingerprint density at radius 1 is 1.35 bits per heavy atom. The number of anilines is 2. The number of rotatable bonds is 4. The molecule has 7 nitrogen and oxygen atoms in total. The fraction of sp³-hybridized carbons (Fsp3) is 0.0833. The van der Waals surface area contributed by atoms with Crippen LogP contribution in [0.25, 0.3) is 0 Å². The molecule has 1 aromatic heterocycles. The molecule has 0 aliphatic rings. The van der Waals surface area contributed by atoms with Gasteiger partial charge < -0.3 is 15.5 Å². The molecule has 0 saturated heterocycles. The number of benzene rings is 1. The molecule has 2 rings (SSSR count). The quantitative estimate of drug-likeness (QED) is 0.572. The van der Waals surface area contributed by atoms with Crippen LogP contribution in [0, 0.1) is 5.82 Å². The number of hydrogen-bond donors (Lipinski definition) is 3. The molecule has 0 fully saturated rings. The van der Waals surface area contributed by atoms with Crippen LogP contribution in [0.1, 0.15) is 10.5 Å². The van der Waals surface area contributed by atoms with Crippen molar-refractivity contribution in [1.82, 2.24) is 9.97 Å². The monoisotopic (exact) mass is 277 g/mol. The van der Waals surface area contributed by atoms with Crippen molar-refractivity contribution in [2.24, 2.45) is 5.84 Å². The largest absolute Gasteiger partial charge is 0.494 e. The number of methoxy groups -OCH3 is 1. The number of ether oxygens (including phenoxy) is 1. The Morgan fingerprint density at radius 3 is 2.70 bits per heavy atom. The van der Waals surface area contributed by atoms with E-state index in [0.29, 0.717) is 5.82 Å². The van der Waals surface area contributed by atoms with Crippen LogP contribution in [0.3, 0.4) is 0 Å². The lowest BCUT2D eigenvalue weighted by Gasteiger charge is -2.07. The van der Waals surface area contributed by atoms with Gasteiger partial charge in [-0.05, 0) is 12.1 Å².